The van der Waals surface area contributed by atoms with Gasteiger partial charge in [-0.05, 0) is 30.2 Å². The number of Topliss-reactive ketones (excluding diaryl/α,β-unsaturated/α-hetero) is 1. The maximum Gasteiger partial charge on any atom is 0.172 e. The highest BCUT2D eigenvalue weighted by Gasteiger charge is 2.31. The first-order valence-corrected chi connectivity index (χ1v) is 6.35. The summed E-state index contributed by atoms with van der Waals surface area (Å²) in [5, 5.41) is 3.14. The highest BCUT2D eigenvalue weighted by Crippen LogP contribution is 2.35. The number of methoxy groups -OCH3 is 1. The first-order valence-electron chi connectivity index (χ1n) is 6.35. The van der Waals surface area contributed by atoms with Gasteiger partial charge in [-0.3, -0.25) is 4.79 Å². The van der Waals surface area contributed by atoms with E-state index in [0.29, 0.717) is 6.42 Å². The molecule has 2 rings (SSSR count). The van der Waals surface area contributed by atoms with Crippen LogP contribution in [0.5, 0.6) is 5.75 Å². The summed E-state index contributed by atoms with van der Waals surface area (Å²) in [5.41, 5.74) is 3.73. The van der Waals surface area contributed by atoms with Crippen LogP contribution in [-0.4, -0.2) is 19.9 Å². The number of ether oxygens (including phenoxy) is 1. The SMILES string of the molecule is C=CC1CC(NC)=C(c2ccc(OC)c(C)c2)C1=O. The topological polar surface area (TPSA) is 38.3 Å². The van der Waals surface area contributed by atoms with E-state index in [0.717, 1.165) is 28.1 Å². The number of carbonyl (C=O) groups is 1. The molecule has 0 radical (unpaired) electrons. The number of hydrogen-bond donors (Lipinski definition) is 1. The number of hydrogen-bond acceptors (Lipinski definition) is 3. The van der Waals surface area contributed by atoms with E-state index >= 15 is 0 Å². The molecule has 1 atom stereocenters. The van der Waals surface area contributed by atoms with E-state index in [2.05, 4.69) is 11.9 Å². The van der Waals surface area contributed by atoms with Crippen LogP contribution in [0.3, 0.4) is 0 Å². The van der Waals surface area contributed by atoms with Gasteiger partial charge < -0.3 is 10.1 Å². The lowest BCUT2D eigenvalue weighted by atomic mass is 9.98. The number of rotatable bonds is 4. The molecule has 1 aromatic rings. The molecule has 0 saturated carbocycles. The summed E-state index contributed by atoms with van der Waals surface area (Å²) in [6.45, 7) is 5.72. The molecule has 0 bridgehead atoms. The first-order chi connectivity index (χ1) is 9.12. The van der Waals surface area contributed by atoms with E-state index in [4.69, 9.17) is 4.74 Å². The second-order valence-electron chi connectivity index (χ2n) is 4.70. The fourth-order valence-electron chi connectivity index (χ4n) is 2.52. The van der Waals surface area contributed by atoms with E-state index in [1.165, 1.54) is 0 Å². The van der Waals surface area contributed by atoms with E-state index in [9.17, 15) is 4.79 Å². The second kappa shape index (κ2) is 5.31. The fourth-order valence-corrected chi connectivity index (χ4v) is 2.52. The molecule has 0 fully saturated rings. The molecule has 1 aliphatic rings. The molecule has 3 nitrogen and oxygen atoms in total. The van der Waals surface area contributed by atoms with Crippen LogP contribution in [0.4, 0.5) is 0 Å². The van der Waals surface area contributed by atoms with Crippen molar-refractivity contribution < 1.29 is 9.53 Å². The lowest BCUT2D eigenvalue weighted by molar-refractivity contribution is -0.115. The van der Waals surface area contributed by atoms with Gasteiger partial charge in [-0.1, -0.05) is 12.1 Å². The molecule has 0 amide bonds. The van der Waals surface area contributed by atoms with Crippen LogP contribution in [0.2, 0.25) is 0 Å². The molecule has 1 unspecified atom stereocenters. The maximum atomic E-state index is 12.4. The average molecular weight is 257 g/mol. The fraction of sp³-hybridized carbons (Fsp3) is 0.312. The molecular formula is C16H19NO2. The Morgan fingerprint density at radius 3 is 2.74 bits per heavy atom. The summed E-state index contributed by atoms with van der Waals surface area (Å²) in [6.07, 6.45) is 2.43. The Hall–Kier alpha value is -2.03. The zero-order chi connectivity index (χ0) is 14.0. The van der Waals surface area contributed by atoms with Crippen molar-refractivity contribution in [2.75, 3.05) is 14.2 Å². The van der Waals surface area contributed by atoms with Crippen molar-refractivity contribution in [3.63, 3.8) is 0 Å². The van der Waals surface area contributed by atoms with Crippen molar-refractivity contribution in [2.45, 2.75) is 13.3 Å². The number of carbonyl (C=O) groups excluding carboxylic acids is 1. The van der Waals surface area contributed by atoms with E-state index < -0.39 is 0 Å². The minimum absolute atomic E-state index is 0.111. The lowest BCUT2D eigenvalue weighted by Crippen LogP contribution is -2.07. The third-order valence-electron chi connectivity index (χ3n) is 3.58. The van der Waals surface area contributed by atoms with Gasteiger partial charge in [-0.25, -0.2) is 0 Å². The average Bonchev–Trinajstić information content (AvgIpc) is 2.74. The molecule has 0 aromatic heterocycles. The van der Waals surface area contributed by atoms with Gasteiger partial charge in [-0.15, -0.1) is 6.58 Å². The number of allylic oxidation sites excluding steroid dienone is 3. The van der Waals surface area contributed by atoms with Crippen molar-refractivity contribution >= 4 is 11.4 Å². The maximum absolute atomic E-state index is 12.4. The van der Waals surface area contributed by atoms with Crippen LogP contribution in [0.1, 0.15) is 17.5 Å². The van der Waals surface area contributed by atoms with Crippen LogP contribution in [0.15, 0.2) is 36.6 Å². The van der Waals surface area contributed by atoms with Crippen LogP contribution in [-0.2, 0) is 4.79 Å². The predicted octanol–water partition coefficient (Wildman–Crippen LogP) is 2.71. The van der Waals surface area contributed by atoms with Crippen molar-refractivity contribution in [3.8, 4) is 5.75 Å². The molecule has 100 valence electrons. The second-order valence-corrected chi connectivity index (χ2v) is 4.70. The van der Waals surface area contributed by atoms with Gasteiger partial charge in [0.1, 0.15) is 5.75 Å². The van der Waals surface area contributed by atoms with Crippen molar-refractivity contribution in [3.05, 3.63) is 47.7 Å². The standard InChI is InChI=1S/C16H19NO2/c1-5-11-9-13(17-3)15(16(11)18)12-6-7-14(19-4)10(2)8-12/h5-8,11,17H,1,9H2,2-4H3. The molecule has 3 heteroatoms. The quantitative estimate of drug-likeness (QED) is 0.843. The summed E-state index contributed by atoms with van der Waals surface area (Å²) in [4.78, 5) is 12.4. The van der Waals surface area contributed by atoms with Gasteiger partial charge >= 0.3 is 0 Å². The Morgan fingerprint density at radius 1 is 1.47 bits per heavy atom. The normalized spacial score (nSPS) is 18.7. The Morgan fingerprint density at radius 2 is 2.21 bits per heavy atom. The minimum Gasteiger partial charge on any atom is -0.496 e. The van der Waals surface area contributed by atoms with Crippen LogP contribution in [0.25, 0.3) is 5.57 Å². The zero-order valence-electron chi connectivity index (χ0n) is 11.6. The van der Waals surface area contributed by atoms with E-state index in [1.807, 2.05) is 32.2 Å². The summed E-state index contributed by atoms with van der Waals surface area (Å²) < 4.78 is 5.25. The summed E-state index contributed by atoms with van der Waals surface area (Å²) in [6, 6.07) is 5.83. The van der Waals surface area contributed by atoms with Crippen molar-refractivity contribution in [2.24, 2.45) is 5.92 Å². The lowest BCUT2D eigenvalue weighted by Gasteiger charge is -2.10. The third kappa shape index (κ3) is 2.28. The third-order valence-corrected chi connectivity index (χ3v) is 3.58. The Labute approximate surface area is 114 Å². The molecule has 0 saturated heterocycles. The Kier molecular flexibility index (Phi) is 3.74. The van der Waals surface area contributed by atoms with Gasteiger partial charge in [-0.2, -0.15) is 0 Å². The molecule has 0 heterocycles. The molecule has 0 aliphatic heterocycles. The summed E-state index contributed by atoms with van der Waals surface area (Å²) in [5.74, 6) is 0.866. The molecular weight excluding hydrogens is 238 g/mol. The number of benzene rings is 1. The van der Waals surface area contributed by atoms with Crippen LogP contribution < -0.4 is 10.1 Å². The summed E-state index contributed by atoms with van der Waals surface area (Å²) in [7, 11) is 3.50. The highest BCUT2D eigenvalue weighted by atomic mass is 16.5. The Bertz CT molecular complexity index is 558. The molecule has 19 heavy (non-hydrogen) atoms. The summed E-state index contributed by atoms with van der Waals surface area (Å²) >= 11 is 0. The van der Waals surface area contributed by atoms with Gasteiger partial charge in [0.05, 0.1) is 7.11 Å². The highest BCUT2D eigenvalue weighted by molar-refractivity contribution is 6.25. The zero-order valence-corrected chi connectivity index (χ0v) is 11.6. The van der Waals surface area contributed by atoms with Crippen LogP contribution >= 0.6 is 0 Å². The van der Waals surface area contributed by atoms with Gasteiger partial charge in [0, 0.05) is 30.7 Å². The predicted molar refractivity (Wildman–Crippen MR) is 77.0 cm³/mol. The molecule has 1 aliphatic carbocycles. The van der Waals surface area contributed by atoms with E-state index in [1.54, 1.807) is 13.2 Å². The minimum atomic E-state index is -0.111. The molecule has 1 N–H and O–H groups in total. The van der Waals surface area contributed by atoms with Crippen molar-refractivity contribution in [1.82, 2.24) is 5.32 Å². The number of nitrogens with one attached hydrogen (secondary N) is 1. The van der Waals surface area contributed by atoms with Crippen molar-refractivity contribution in [1.29, 1.82) is 0 Å². The van der Waals surface area contributed by atoms with Gasteiger partial charge in [0.15, 0.2) is 5.78 Å². The molecule has 1 aromatic carbocycles. The largest absolute Gasteiger partial charge is 0.496 e. The molecule has 0 spiro atoms. The Balaban J connectivity index is 2.47. The first kappa shape index (κ1) is 13.4. The number of aryl methyl sites for hydroxylation is 1. The van der Waals surface area contributed by atoms with Gasteiger partial charge in [0.25, 0.3) is 0 Å². The number of ketones is 1. The van der Waals surface area contributed by atoms with E-state index in [-0.39, 0.29) is 11.7 Å². The van der Waals surface area contributed by atoms with Crippen LogP contribution in [0, 0.1) is 12.8 Å². The monoisotopic (exact) mass is 257 g/mol. The van der Waals surface area contributed by atoms with Gasteiger partial charge in [0.2, 0.25) is 0 Å². The smallest absolute Gasteiger partial charge is 0.172 e.